The zero-order valence-electron chi connectivity index (χ0n) is 12.1. The van der Waals surface area contributed by atoms with E-state index in [1.807, 2.05) is 6.07 Å². The molecule has 3 N–H and O–H groups in total. The second-order valence-electron chi connectivity index (χ2n) is 5.34. The van der Waals surface area contributed by atoms with E-state index in [-0.39, 0.29) is 16.9 Å². The van der Waals surface area contributed by atoms with E-state index in [0.29, 0.717) is 6.42 Å². The zero-order valence-corrected chi connectivity index (χ0v) is 12.8. The van der Waals surface area contributed by atoms with E-state index in [1.54, 1.807) is 6.07 Å². The highest BCUT2D eigenvalue weighted by atomic mass is 35.5. The van der Waals surface area contributed by atoms with Crippen LogP contribution in [0.4, 0.5) is 4.39 Å². The van der Waals surface area contributed by atoms with Crippen molar-refractivity contribution in [3.63, 3.8) is 0 Å². The largest absolute Gasteiger partial charge is 0.271 e. The van der Waals surface area contributed by atoms with Crippen molar-refractivity contribution in [1.82, 2.24) is 5.43 Å². The predicted molar refractivity (Wildman–Crippen MR) is 85.7 cm³/mol. The first-order chi connectivity index (χ1) is 10.1. The zero-order chi connectivity index (χ0) is 15.2. The molecule has 0 aliphatic rings. The van der Waals surface area contributed by atoms with Gasteiger partial charge >= 0.3 is 0 Å². The van der Waals surface area contributed by atoms with Gasteiger partial charge in [0.25, 0.3) is 0 Å². The molecule has 0 heterocycles. The Balaban J connectivity index is 1.95. The summed E-state index contributed by atoms with van der Waals surface area (Å²) < 4.78 is 13.4. The van der Waals surface area contributed by atoms with Gasteiger partial charge in [-0.2, -0.15) is 0 Å². The van der Waals surface area contributed by atoms with Crippen LogP contribution in [0.5, 0.6) is 0 Å². The van der Waals surface area contributed by atoms with E-state index in [1.165, 1.54) is 17.2 Å². The summed E-state index contributed by atoms with van der Waals surface area (Å²) in [5, 5.41) is 0.149. The molecular formula is C17H20ClFN2. The average molecular weight is 307 g/mol. The Hall–Kier alpha value is -1.42. The third-order valence-electron chi connectivity index (χ3n) is 3.57. The summed E-state index contributed by atoms with van der Waals surface area (Å²) >= 11 is 5.69. The van der Waals surface area contributed by atoms with Crippen LogP contribution in [0.25, 0.3) is 0 Å². The maximum atomic E-state index is 13.4. The number of hydrazine groups is 1. The lowest BCUT2D eigenvalue weighted by Gasteiger charge is -2.16. The van der Waals surface area contributed by atoms with Gasteiger partial charge in [-0.05, 0) is 49.4 Å². The molecule has 0 saturated carbocycles. The van der Waals surface area contributed by atoms with Crippen LogP contribution in [0.2, 0.25) is 5.02 Å². The van der Waals surface area contributed by atoms with Gasteiger partial charge in [0.05, 0.1) is 5.02 Å². The summed E-state index contributed by atoms with van der Waals surface area (Å²) in [6, 6.07) is 13.4. The number of hydrogen-bond donors (Lipinski definition) is 2. The SMILES string of the molecule is Cc1cccc(CCC(Cc2ccc(Cl)c(F)c2)NN)c1. The molecule has 4 heteroatoms. The van der Waals surface area contributed by atoms with E-state index in [0.717, 1.165) is 18.4 Å². The molecule has 2 rings (SSSR count). The van der Waals surface area contributed by atoms with Crippen LogP contribution in [0, 0.1) is 12.7 Å². The predicted octanol–water partition coefficient (Wildman–Crippen LogP) is 3.79. The van der Waals surface area contributed by atoms with Crippen LogP contribution in [-0.2, 0) is 12.8 Å². The van der Waals surface area contributed by atoms with E-state index < -0.39 is 0 Å². The van der Waals surface area contributed by atoms with E-state index in [2.05, 4.69) is 36.6 Å². The lowest BCUT2D eigenvalue weighted by atomic mass is 9.99. The Labute approximate surface area is 130 Å². The molecule has 0 aromatic heterocycles. The summed E-state index contributed by atoms with van der Waals surface area (Å²) in [4.78, 5) is 0. The standard InChI is InChI=1S/C17H20ClFN2/c1-12-3-2-4-13(9-12)5-7-15(21-20)10-14-6-8-16(18)17(19)11-14/h2-4,6,8-9,11,15,21H,5,7,10,20H2,1H3. The van der Waals surface area contributed by atoms with Gasteiger partial charge in [0, 0.05) is 6.04 Å². The molecule has 21 heavy (non-hydrogen) atoms. The molecule has 0 fully saturated rings. The van der Waals surface area contributed by atoms with Crippen molar-refractivity contribution < 1.29 is 4.39 Å². The third-order valence-corrected chi connectivity index (χ3v) is 3.87. The fourth-order valence-electron chi connectivity index (χ4n) is 2.40. The number of benzene rings is 2. The maximum Gasteiger partial charge on any atom is 0.142 e. The quantitative estimate of drug-likeness (QED) is 0.629. The highest BCUT2D eigenvalue weighted by Gasteiger charge is 2.10. The molecule has 2 aromatic carbocycles. The lowest BCUT2D eigenvalue weighted by Crippen LogP contribution is -2.37. The number of nitrogens with two attached hydrogens (primary N) is 1. The smallest absolute Gasteiger partial charge is 0.142 e. The van der Waals surface area contributed by atoms with Gasteiger partial charge < -0.3 is 0 Å². The molecule has 2 nitrogen and oxygen atoms in total. The van der Waals surface area contributed by atoms with Gasteiger partial charge in [0.15, 0.2) is 0 Å². The summed E-state index contributed by atoms with van der Waals surface area (Å²) in [5.74, 6) is 5.23. The Kier molecular flexibility index (Phi) is 5.74. The highest BCUT2D eigenvalue weighted by molar-refractivity contribution is 6.30. The second-order valence-corrected chi connectivity index (χ2v) is 5.75. The molecule has 2 aromatic rings. The molecule has 0 aliphatic heterocycles. The van der Waals surface area contributed by atoms with Crippen molar-refractivity contribution in [3.8, 4) is 0 Å². The summed E-state index contributed by atoms with van der Waals surface area (Å²) in [7, 11) is 0. The molecule has 0 amide bonds. The minimum Gasteiger partial charge on any atom is -0.271 e. The molecule has 0 bridgehead atoms. The number of nitrogens with one attached hydrogen (secondary N) is 1. The average Bonchev–Trinajstić information content (AvgIpc) is 2.47. The number of halogens is 2. The fraction of sp³-hybridized carbons (Fsp3) is 0.294. The molecule has 1 unspecified atom stereocenters. The second kappa shape index (κ2) is 7.55. The lowest BCUT2D eigenvalue weighted by molar-refractivity contribution is 0.490. The Bertz CT molecular complexity index is 601. The molecule has 0 radical (unpaired) electrons. The molecule has 112 valence electrons. The Morgan fingerprint density at radius 2 is 2.00 bits per heavy atom. The van der Waals surface area contributed by atoms with Crippen LogP contribution < -0.4 is 11.3 Å². The highest BCUT2D eigenvalue weighted by Crippen LogP contribution is 2.17. The third kappa shape index (κ3) is 4.81. The maximum absolute atomic E-state index is 13.4. The van der Waals surface area contributed by atoms with Crippen molar-refractivity contribution in [2.45, 2.75) is 32.2 Å². The summed E-state index contributed by atoms with van der Waals surface area (Å²) in [5.41, 5.74) is 6.25. The van der Waals surface area contributed by atoms with Crippen LogP contribution in [0.3, 0.4) is 0 Å². The fourth-order valence-corrected chi connectivity index (χ4v) is 2.52. The van der Waals surface area contributed by atoms with Crippen molar-refractivity contribution in [3.05, 3.63) is 70.0 Å². The van der Waals surface area contributed by atoms with Crippen molar-refractivity contribution in [1.29, 1.82) is 0 Å². The number of aryl methyl sites for hydroxylation is 2. The normalized spacial score (nSPS) is 12.4. The van der Waals surface area contributed by atoms with E-state index >= 15 is 0 Å². The minimum atomic E-state index is -0.386. The summed E-state index contributed by atoms with van der Waals surface area (Å²) in [6.07, 6.45) is 2.51. The number of rotatable bonds is 6. The van der Waals surface area contributed by atoms with Crippen LogP contribution in [-0.4, -0.2) is 6.04 Å². The molecule has 1 atom stereocenters. The van der Waals surface area contributed by atoms with Gasteiger partial charge in [-0.3, -0.25) is 11.3 Å². The van der Waals surface area contributed by atoms with Crippen molar-refractivity contribution in [2.75, 3.05) is 0 Å². The first-order valence-electron chi connectivity index (χ1n) is 7.04. The van der Waals surface area contributed by atoms with E-state index in [9.17, 15) is 4.39 Å². The van der Waals surface area contributed by atoms with Gasteiger partial charge in [-0.15, -0.1) is 0 Å². The van der Waals surface area contributed by atoms with E-state index in [4.69, 9.17) is 17.4 Å². The van der Waals surface area contributed by atoms with Crippen molar-refractivity contribution in [2.24, 2.45) is 5.84 Å². The van der Waals surface area contributed by atoms with Gasteiger partial charge in [-0.1, -0.05) is 47.5 Å². The van der Waals surface area contributed by atoms with Crippen LogP contribution in [0.1, 0.15) is 23.1 Å². The Morgan fingerprint density at radius 3 is 2.67 bits per heavy atom. The molecule has 0 spiro atoms. The van der Waals surface area contributed by atoms with Crippen molar-refractivity contribution >= 4 is 11.6 Å². The Morgan fingerprint density at radius 1 is 1.19 bits per heavy atom. The first kappa shape index (κ1) is 16.0. The topological polar surface area (TPSA) is 38.0 Å². The number of hydrogen-bond acceptors (Lipinski definition) is 2. The van der Waals surface area contributed by atoms with Crippen LogP contribution in [0.15, 0.2) is 42.5 Å². The first-order valence-corrected chi connectivity index (χ1v) is 7.42. The monoisotopic (exact) mass is 306 g/mol. The molecular weight excluding hydrogens is 287 g/mol. The van der Waals surface area contributed by atoms with Gasteiger partial charge in [0.1, 0.15) is 5.82 Å². The van der Waals surface area contributed by atoms with Crippen LogP contribution >= 0.6 is 11.6 Å². The molecule has 0 saturated heterocycles. The van der Waals surface area contributed by atoms with Gasteiger partial charge in [-0.25, -0.2) is 4.39 Å². The minimum absolute atomic E-state index is 0.103. The molecule has 0 aliphatic carbocycles. The summed E-state index contributed by atoms with van der Waals surface area (Å²) in [6.45, 7) is 2.08. The van der Waals surface area contributed by atoms with Gasteiger partial charge in [0.2, 0.25) is 0 Å².